The van der Waals surface area contributed by atoms with Crippen LogP contribution in [0.15, 0.2) is 61.2 Å². The number of aliphatic hydroxyl groups is 1. The van der Waals surface area contributed by atoms with Gasteiger partial charge in [-0.15, -0.1) is 0 Å². The zero-order valence-corrected chi connectivity index (χ0v) is 21.0. The number of carbonyl (C=O) groups is 1. The average molecular weight is 516 g/mol. The van der Waals surface area contributed by atoms with Crippen molar-refractivity contribution in [3.8, 4) is 11.1 Å². The lowest BCUT2D eigenvalue weighted by atomic mass is 10.0. The van der Waals surface area contributed by atoms with Crippen molar-refractivity contribution in [1.82, 2.24) is 24.4 Å². The first-order chi connectivity index (χ1) is 18.6. The molecule has 0 aliphatic carbocycles. The van der Waals surface area contributed by atoms with Gasteiger partial charge in [0.25, 0.3) is 0 Å². The van der Waals surface area contributed by atoms with Crippen molar-refractivity contribution in [1.29, 1.82) is 0 Å². The summed E-state index contributed by atoms with van der Waals surface area (Å²) in [7, 11) is 0. The van der Waals surface area contributed by atoms with Crippen LogP contribution in [0.1, 0.15) is 19.0 Å². The Kier molecular flexibility index (Phi) is 6.73. The summed E-state index contributed by atoms with van der Waals surface area (Å²) >= 11 is 0. The number of halogens is 1. The topological polar surface area (TPSA) is 90.6 Å². The fourth-order valence-corrected chi connectivity index (χ4v) is 5.46. The molecule has 1 aromatic carbocycles. The highest BCUT2D eigenvalue weighted by Gasteiger charge is 2.27. The van der Waals surface area contributed by atoms with E-state index in [9.17, 15) is 14.3 Å². The van der Waals surface area contributed by atoms with Crippen molar-refractivity contribution in [3.05, 3.63) is 67.0 Å². The first kappa shape index (κ1) is 24.4. The van der Waals surface area contributed by atoms with Crippen LogP contribution in [0.25, 0.3) is 22.2 Å². The number of aliphatic hydroxyl groups excluding tert-OH is 1. The summed E-state index contributed by atoms with van der Waals surface area (Å²) in [5.74, 6) is 0.309. The Morgan fingerprint density at radius 1 is 0.947 bits per heavy atom. The molecule has 2 aliphatic heterocycles. The molecular formula is C28H30FN7O2. The number of aromatic nitrogens is 4. The maximum absolute atomic E-state index is 14.4. The number of fused-ring (bicyclic) bond motifs is 1. The minimum absolute atomic E-state index is 0.262. The number of piperidine rings is 1. The van der Waals surface area contributed by atoms with E-state index >= 15 is 0 Å². The second-order valence-corrected chi connectivity index (χ2v) is 9.86. The SMILES string of the molecule is O=CC(N1CCN(c2ccc(F)cc2-c2cnc(N3CCC(O)CC3)nc2)CC1)n1ccc2cccnc21. The van der Waals surface area contributed by atoms with Crippen molar-refractivity contribution >= 4 is 29.0 Å². The molecule has 0 radical (unpaired) electrons. The van der Waals surface area contributed by atoms with Gasteiger partial charge in [0, 0.05) is 86.3 Å². The van der Waals surface area contributed by atoms with E-state index in [2.05, 4.69) is 29.7 Å². The number of piperazine rings is 1. The number of nitrogens with zero attached hydrogens (tertiary/aromatic N) is 7. The Hall–Kier alpha value is -3.89. The third-order valence-corrected chi connectivity index (χ3v) is 7.57. The molecule has 5 heterocycles. The zero-order valence-electron chi connectivity index (χ0n) is 21.0. The van der Waals surface area contributed by atoms with Crippen LogP contribution in [0.5, 0.6) is 0 Å². The molecule has 38 heavy (non-hydrogen) atoms. The summed E-state index contributed by atoms with van der Waals surface area (Å²) in [5, 5.41) is 10.8. The van der Waals surface area contributed by atoms with Gasteiger partial charge in [-0.05, 0) is 49.2 Å². The van der Waals surface area contributed by atoms with Crippen molar-refractivity contribution < 1.29 is 14.3 Å². The second-order valence-electron chi connectivity index (χ2n) is 9.86. The van der Waals surface area contributed by atoms with Crippen molar-refractivity contribution in [2.75, 3.05) is 49.1 Å². The summed E-state index contributed by atoms with van der Waals surface area (Å²) in [5.41, 5.74) is 3.20. The molecule has 0 spiro atoms. The molecular weight excluding hydrogens is 485 g/mol. The molecule has 9 nitrogen and oxygen atoms in total. The third kappa shape index (κ3) is 4.72. The average Bonchev–Trinajstić information content (AvgIpc) is 3.38. The molecule has 4 aromatic rings. The molecule has 1 N–H and O–H groups in total. The minimum atomic E-state index is -0.436. The first-order valence-corrected chi connectivity index (χ1v) is 13.0. The van der Waals surface area contributed by atoms with E-state index in [0.29, 0.717) is 58.1 Å². The monoisotopic (exact) mass is 515 g/mol. The Morgan fingerprint density at radius 3 is 2.45 bits per heavy atom. The fraction of sp³-hybridized carbons (Fsp3) is 0.357. The number of hydrogen-bond donors (Lipinski definition) is 1. The van der Waals surface area contributed by atoms with Crippen LogP contribution < -0.4 is 9.80 Å². The first-order valence-electron chi connectivity index (χ1n) is 13.0. The lowest BCUT2D eigenvalue weighted by molar-refractivity contribution is -0.115. The number of aldehydes is 1. The van der Waals surface area contributed by atoms with Crippen molar-refractivity contribution in [3.63, 3.8) is 0 Å². The summed E-state index contributed by atoms with van der Waals surface area (Å²) in [6.45, 7) is 4.14. The summed E-state index contributed by atoms with van der Waals surface area (Å²) < 4.78 is 16.3. The number of benzene rings is 1. The molecule has 0 saturated carbocycles. The fourth-order valence-electron chi connectivity index (χ4n) is 5.46. The molecule has 3 aromatic heterocycles. The molecule has 2 aliphatic rings. The van der Waals surface area contributed by atoms with E-state index in [1.165, 1.54) is 12.1 Å². The van der Waals surface area contributed by atoms with Crippen molar-refractivity contribution in [2.45, 2.75) is 25.1 Å². The lowest BCUT2D eigenvalue weighted by Gasteiger charge is -2.39. The molecule has 0 bridgehead atoms. The largest absolute Gasteiger partial charge is 0.393 e. The number of hydrogen-bond acceptors (Lipinski definition) is 8. The molecule has 1 unspecified atom stereocenters. The maximum Gasteiger partial charge on any atom is 0.225 e. The molecule has 2 saturated heterocycles. The van der Waals surface area contributed by atoms with E-state index < -0.39 is 6.17 Å². The second kappa shape index (κ2) is 10.5. The maximum atomic E-state index is 14.4. The van der Waals surface area contributed by atoms with E-state index in [1.807, 2.05) is 29.0 Å². The van der Waals surface area contributed by atoms with Crippen LogP contribution in [-0.4, -0.2) is 81.2 Å². The quantitative estimate of drug-likeness (QED) is 0.392. The molecule has 6 rings (SSSR count). The molecule has 1 atom stereocenters. The molecule has 10 heteroatoms. The Bertz CT molecular complexity index is 1410. The van der Waals surface area contributed by atoms with Gasteiger partial charge in [-0.25, -0.2) is 19.3 Å². The highest BCUT2D eigenvalue weighted by molar-refractivity contribution is 5.79. The predicted octanol–water partition coefficient (Wildman–Crippen LogP) is 3.11. The Morgan fingerprint density at radius 2 is 1.71 bits per heavy atom. The van der Waals surface area contributed by atoms with Crippen LogP contribution in [-0.2, 0) is 4.79 Å². The van der Waals surface area contributed by atoms with Gasteiger partial charge in [-0.2, -0.15) is 0 Å². The smallest absolute Gasteiger partial charge is 0.225 e. The highest BCUT2D eigenvalue weighted by Crippen LogP contribution is 2.33. The highest BCUT2D eigenvalue weighted by atomic mass is 19.1. The van der Waals surface area contributed by atoms with Gasteiger partial charge in [-0.1, -0.05) is 0 Å². The van der Waals surface area contributed by atoms with Crippen molar-refractivity contribution in [2.24, 2.45) is 0 Å². The number of rotatable bonds is 6. The van der Waals surface area contributed by atoms with Gasteiger partial charge >= 0.3 is 0 Å². The molecule has 2 fully saturated rings. The third-order valence-electron chi connectivity index (χ3n) is 7.57. The van der Waals surface area contributed by atoms with Crippen LogP contribution >= 0.6 is 0 Å². The van der Waals surface area contributed by atoms with Crippen LogP contribution in [0.2, 0.25) is 0 Å². The zero-order chi connectivity index (χ0) is 26.1. The number of anilines is 2. The van der Waals surface area contributed by atoms with Gasteiger partial charge in [0.1, 0.15) is 17.6 Å². The van der Waals surface area contributed by atoms with Gasteiger partial charge in [-0.3, -0.25) is 9.69 Å². The van der Waals surface area contributed by atoms with E-state index in [0.717, 1.165) is 34.1 Å². The normalized spacial score (nSPS) is 18.2. The van der Waals surface area contributed by atoms with Crippen LogP contribution in [0.4, 0.5) is 16.0 Å². The summed E-state index contributed by atoms with van der Waals surface area (Å²) in [6, 6.07) is 10.7. The van der Waals surface area contributed by atoms with Gasteiger partial charge in [0.2, 0.25) is 5.95 Å². The summed E-state index contributed by atoms with van der Waals surface area (Å²) in [6.07, 6.45) is 8.81. The van der Waals surface area contributed by atoms with E-state index in [-0.39, 0.29) is 11.9 Å². The summed E-state index contributed by atoms with van der Waals surface area (Å²) in [4.78, 5) is 32.2. The number of carbonyl (C=O) groups excluding carboxylic acids is 1. The van der Waals surface area contributed by atoms with Crippen LogP contribution in [0, 0.1) is 5.82 Å². The van der Waals surface area contributed by atoms with Gasteiger partial charge in [0.15, 0.2) is 6.29 Å². The number of pyridine rings is 1. The van der Waals surface area contributed by atoms with Crippen LogP contribution in [0.3, 0.4) is 0 Å². The Balaban J connectivity index is 1.19. The van der Waals surface area contributed by atoms with E-state index in [4.69, 9.17) is 0 Å². The Labute approximate surface area is 220 Å². The lowest BCUT2D eigenvalue weighted by Crippen LogP contribution is -2.49. The molecule has 0 amide bonds. The molecule has 196 valence electrons. The van der Waals surface area contributed by atoms with Gasteiger partial charge in [0.05, 0.1) is 6.10 Å². The van der Waals surface area contributed by atoms with E-state index in [1.54, 1.807) is 24.7 Å². The van der Waals surface area contributed by atoms with Gasteiger partial charge < -0.3 is 19.5 Å². The standard InChI is InChI=1S/C28H30FN7O2/c29-22-3-4-25(24(16-22)21-17-31-28(32-18-21)35-9-6-23(38)7-10-35)33-12-14-34(15-13-33)26(19-37)36-11-5-20-2-1-8-30-27(20)36/h1-5,8,11,16-19,23,26,38H,6-7,9-10,12-15H2. The minimum Gasteiger partial charge on any atom is -0.393 e. The predicted molar refractivity (Wildman–Crippen MR) is 143 cm³/mol.